The van der Waals surface area contributed by atoms with E-state index in [-0.39, 0.29) is 0 Å². The third-order valence-corrected chi connectivity index (χ3v) is 6.63. The minimum absolute atomic E-state index is 0.694. The number of anilines is 1. The Bertz CT molecular complexity index is 668. The van der Waals surface area contributed by atoms with Crippen LogP contribution in [0.5, 0.6) is 0 Å². The molecule has 1 aromatic carbocycles. The Kier molecular flexibility index (Phi) is 3.18. The molecule has 0 bridgehead atoms. The van der Waals surface area contributed by atoms with Crippen molar-refractivity contribution in [1.29, 1.82) is 0 Å². The van der Waals surface area contributed by atoms with Crippen molar-refractivity contribution in [3.8, 4) is 0 Å². The van der Waals surface area contributed by atoms with E-state index < -0.39 is 0 Å². The molecule has 2 atom stereocenters. The van der Waals surface area contributed by atoms with E-state index in [1.54, 1.807) is 10.5 Å². The molecule has 0 radical (unpaired) electrons. The molecule has 21 heavy (non-hydrogen) atoms. The van der Waals surface area contributed by atoms with Crippen molar-refractivity contribution < 1.29 is 0 Å². The lowest BCUT2D eigenvalue weighted by Crippen LogP contribution is -2.13. The maximum Gasteiger partial charge on any atom is 0.0452 e. The van der Waals surface area contributed by atoms with Gasteiger partial charge in [-0.05, 0) is 49.8 Å². The number of para-hydroxylation sites is 1. The lowest BCUT2D eigenvalue weighted by molar-refractivity contribution is 0.695. The Hall–Kier alpha value is -1.15. The number of rotatable bonds is 1. The third kappa shape index (κ3) is 1.99. The average molecular weight is 297 g/mol. The first-order valence-corrected chi connectivity index (χ1v) is 8.99. The van der Waals surface area contributed by atoms with Crippen LogP contribution in [-0.4, -0.2) is 11.8 Å². The predicted molar refractivity (Wildman–Crippen MR) is 93.7 cm³/mol. The van der Waals surface area contributed by atoms with Crippen LogP contribution < -0.4 is 5.32 Å². The Morgan fingerprint density at radius 1 is 1.24 bits per heavy atom. The van der Waals surface area contributed by atoms with Crippen LogP contribution in [0.15, 0.2) is 34.3 Å². The SMILES string of the molecule is CC1=C(C)C2CC(C)SC2=C1c1cccc2c1NCCC2. The van der Waals surface area contributed by atoms with Crippen molar-refractivity contribution in [1.82, 2.24) is 0 Å². The standard InChI is InChI=1S/C19H23NS/c1-11-10-16-12(2)13(3)17(19(16)21-11)15-8-4-6-14-7-5-9-20-18(14)15/h4,6,8,11,16,20H,5,7,9-10H2,1-3H3. The largest absolute Gasteiger partial charge is 0.384 e. The van der Waals surface area contributed by atoms with Gasteiger partial charge in [0.2, 0.25) is 0 Å². The molecule has 1 saturated heterocycles. The van der Waals surface area contributed by atoms with Gasteiger partial charge in [-0.15, -0.1) is 11.8 Å². The Morgan fingerprint density at radius 3 is 2.95 bits per heavy atom. The number of allylic oxidation sites excluding steroid dienone is 4. The molecule has 2 unspecified atom stereocenters. The summed E-state index contributed by atoms with van der Waals surface area (Å²) in [6, 6.07) is 6.86. The Morgan fingerprint density at radius 2 is 2.10 bits per heavy atom. The second kappa shape index (κ2) is 4.95. The van der Waals surface area contributed by atoms with Gasteiger partial charge in [-0.3, -0.25) is 0 Å². The molecule has 110 valence electrons. The van der Waals surface area contributed by atoms with Gasteiger partial charge in [0.25, 0.3) is 0 Å². The second-order valence-electron chi connectivity index (χ2n) is 6.63. The first-order chi connectivity index (χ1) is 10.2. The number of hydrogen-bond donors (Lipinski definition) is 1. The van der Waals surface area contributed by atoms with Crippen LogP contribution in [-0.2, 0) is 6.42 Å². The molecule has 0 amide bonds. The van der Waals surface area contributed by atoms with Gasteiger partial charge < -0.3 is 5.32 Å². The van der Waals surface area contributed by atoms with Gasteiger partial charge in [0.15, 0.2) is 0 Å². The Balaban J connectivity index is 1.90. The van der Waals surface area contributed by atoms with E-state index in [1.807, 2.05) is 0 Å². The molecule has 1 fully saturated rings. The van der Waals surface area contributed by atoms with E-state index in [0.717, 1.165) is 11.8 Å². The smallest absolute Gasteiger partial charge is 0.0452 e. The molecule has 2 heterocycles. The molecule has 2 aliphatic heterocycles. The predicted octanol–water partition coefficient (Wildman–Crippen LogP) is 5.25. The van der Waals surface area contributed by atoms with Gasteiger partial charge in [-0.1, -0.05) is 30.7 Å². The van der Waals surface area contributed by atoms with Crippen molar-refractivity contribution in [3.05, 3.63) is 45.4 Å². The number of fused-ring (bicyclic) bond motifs is 2. The van der Waals surface area contributed by atoms with E-state index in [1.165, 1.54) is 47.2 Å². The van der Waals surface area contributed by atoms with E-state index in [2.05, 4.69) is 56.0 Å². The molecule has 3 aliphatic rings. The molecule has 1 nitrogen and oxygen atoms in total. The van der Waals surface area contributed by atoms with Crippen LogP contribution >= 0.6 is 11.8 Å². The van der Waals surface area contributed by atoms with Crippen molar-refractivity contribution in [2.75, 3.05) is 11.9 Å². The second-order valence-corrected chi connectivity index (χ2v) is 8.11. The molecule has 0 aromatic heterocycles. The van der Waals surface area contributed by atoms with E-state index >= 15 is 0 Å². The summed E-state index contributed by atoms with van der Waals surface area (Å²) in [5, 5.41) is 4.43. The molecular weight excluding hydrogens is 274 g/mol. The molecule has 4 rings (SSSR count). The van der Waals surface area contributed by atoms with E-state index in [0.29, 0.717) is 5.92 Å². The minimum atomic E-state index is 0.694. The summed E-state index contributed by atoms with van der Waals surface area (Å²) in [6.45, 7) is 8.15. The molecule has 2 heteroatoms. The van der Waals surface area contributed by atoms with Crippen molar-refractivity contribution in [3.63, 3.8) is 0 Å². The molecule has 1 aliphatic carbocycles. The highest BCUT2D eigenvalue weighted by Crippen LogP contribution is 2.56. The molecular formula is C19H23NS. The fraction of sp³-hybridized carbons (Fsp3) is 0.474. The summed E-state index contributed by atoms with van der Waals surface area (Å²) in [6.07, 6.45) is 3.78. The topological polar surface area (TPSA) is 12.0 Å². The summed E-state index contributed by atoms with van der Waals surface area (Å²) in [4.78, 5) is 1.64. The van der Waals surface area contributed by atoms with Crippen LogP contribution in [0.4, 0.5) is 5.69 Å². The number of hydrogen-bond acceptors (Lipinski definition) is 2. The van der Waals surface area contributed by atoms with E-state index in [4.69, 9.17) is 0 Å². The fourth-order valence-electron chi connectivity index (χ4n) is 4.09. The average Bonchev–Trinajstić information content (AvgIpc) is 2.97. The highest BCUT2D eigenvalue weighted by molar-refractivity contribution is 8.04. The zero-order valence-corrected chi connectivity index (χ0v) is 13.9. The number of thioether (sulfide) groups is 1. The van der Waals surface area contributed by atoms with Crippen LogP contribution in [0.25, 0.3) is 5.57 Å². The number of benzene rings is 1. The summed E-state index contributed by atoms with van der Waals surface area (Å²) in [5.41, 5.74) is 9.01. The number of nitrogens with one attached hydrogen (secondary N) is 1. The van der Waals surface area contributed by atoms with Gasteiger partial charge in [-0.2, -0.15) is 0 Å². The van der Waals surface area contributed by atoms with Crippen LogP contribution in [0.2, 0.25) is 0 Å². The maximum absolute atomic E-state index is 3.67. The van der Waals surface area contributed by atoms with Crippen molar-refractivity contribution in [2.24, 2.45) is 5.92 Å². The zero-order valence-electron chi connectivity index (χ0n) is 13.1. The quantitative estimate of drug-likeness (QED) is 0.760. The fourth-order valence-corrected chi connectivity index (χ4v) is 5.63. The van der Waals surface area contributed by atoms with Crippen LogP contribution in [0, 0.1) is 5.92 Å². The zero-order chi connectivity index (χ0) is 14.6. The highest BCUT2D eigenvalue weighted by atomic mass is 32.2. The van der Waals surface area contributed by atoms with Gasteiger partial charge in [-0.25, -0.2) is 0 Å². The molecule has 1 aromatic rings. The maximum atomic E-state index is 3.67. The van der Waals surface area contributed by atoms with Gasteiger partial charge in [0, 0.05) is 33.9 Å². The lowest BCUT2D eigenvalue weighted by Gasteiger charge is -2.23. The third-order valence-electron chi connectivity index (χ3n) is 5.29. The van der Waals surface area contributed by atoms with Gasteiger partial charge in [0.1, 0.15) is 0 Å². The normalized spacial score (nSPS) is 27.8. The highest BCUT2D eigenvalue weighted by Gasteiger charge is 2.38. The van der Waals surface area contributed by atoms with E-state index in [9.17, 15) is 0 Å². The summed E-state index contributed by atoms with van der Waals surface area (Å²) in [7, 11) is 0. The monoisotopic (exact) mass is 297 g/mol. The van der Waals surface area contributed by atoms with Crippen molar-refractivity contribution in [2.45, 2.75) is 45.3 Å². The first kappa shape index (κ1) is 13.5. The summed E-state index contributed by atoms with van der Waals surface area (Å²) >= 11 is 2.11. The first-order valence-electron chi connectivity index (χ1n) is 8.11. The summed E-state index contributed by atoms with van der Waals surface area (Å²) in [5.74, 6) is 0.694. The molecule has 0 spiro atoms. The van der Waals surface area contributed by atoms with Crippen LogP contribution in [0.1, 0.15) is 44.7 Å². The minimum Gasteiger partial charge on any atom is -0.384 e. The Labute approximate surface area is 131 Å². The molecule has 0 saturated carbocycles. The number of aryl methyl sites for hydroxylation is 1. The van der Waals surface area contributed by atoms with Gasteiger partial charge >= 0.3 is 0 Å². The molecule has 1 N–H and O–H groups in total. The van der Waals surface area contributed by atoms with Crippen molar-refractivity contribution >= 4 is 23.0 Å². The van der Waals surface area contributed by atoms with Gasteiger partial charge in [0.05, 0.1) is 0 Å². The lowest BCUT2D eigenvalue weighted by atomic mass is 9.93. The summed E-state index contributed by atoms with van der Waals surface area (Å²) < 4.78 is 0. The van der Waals surface area contributed by atoms with Crippen LogP contribution in [0.3, 0.4) is 0 Å².